The lowest BCUT2D eigenvalue weighted by Gasteiger charge is -2.24. The molecule has 1 amide bonds. The molecule has 0 radical (unpaired) electrons. The van der Waals surface area contributed by atoms with Crippen LogP contribution in [0.3, 0.4) is 0 Å². The average Bonchev–Trinajstić information content (AvgIpc) is 3.24. The van der Waals surface area contributed by atoms with Crippen LogP contribution in [0.1, 0.15) is 45.7 Å². The second kappa shape index (κ2) is 9.92. The van der Waals surface area contributed by atoms with Crippen LogP contribution in [0.15, 0.2) is 60.6 Å². The van der Waals surface area contributed by atoms with Gasteiger partial charge in [0, 0.05) is 17.8 Å². The molecule has 0 bridgehead atoms. The number of hydrogen-bond donors (Lipinski definition) is 3. The van der Waals surface area contributed by atoms with Crippen molar-refractivity contribution in [1.82, 2.24) is 9.88 Å². The third-order valence-electron chi connectivity index (χ3n) is 5.52. The van der Waals surface area contributed by atoms with Gasteiger partial charge >= 0.3 is 5.82 Å². The van der Waals surface area contributed by atoms with Gasteiger partial charge in [-0.1, -0.05) is 38.1 Å². The molecule has 1 aliphatic rings. The highest BCUT2D eigenvalue weighted by atomic mass is 32.1. The van der Waals surface area contributed by atoms with Crippen molar-refractivity contribution in [3.8, 4) is 0 Å². The number of nitrogens with one attached hydrogen (secondary N) is 2. The number of anilines is 3. The number of rotatable bonds is 7. The molecule has 2 aromatic carbocycles. The summed E-state index contributed by atoms with van der Waals surface area (Å²) in [5.41, 5.74) is 9.59. The summed E-state index contributed by atoms with van der Waals surface area (Å²) in [4.78, 5) is 31.2. The van der Waals surface area contributed by atoms with Gasteiger partial charge in [0.05, 0.1) is 29.8 Å². The number of aromatic nitrogens is 1. The second-order valence-electron chi connectivity index (χ2n) is 8.32. The van der Waals surface area contributed by atoms with Crippen molar-refractivity contribution >= 4 is 34.3 Å². The molecule has 0 saturated carbocycles. The predicted octanol–water partition coefficient (Wildman–Crippen LogP) is 4.65. The Morgan fingerprint density at radius 1 is 1.21 bits per heavy atom. The number of para-hydroxylation sites is 2. The van der Waals surface area contributed by atoms with Gasteiger partial charge in [-0.05, 0) is 40.7 Å². The van der Waals surface area contributed by atoms with E-state index in [1.807, 2.05) is 29.2 Å². The molecule has 2 heterocycles. The second-order valence-corrected chi connectivity index (χ2v) is 9.41. The third kappa shape index (κ3) is 5.34. The van der Waals surface area contributed by atoms with E-state index >= 15 is 0 Å². The number of nitrogen functional groups attached to an aromatic ring is 1. The molecule has 1 aliphatic heterocycles. The highest BCUT2D eigenvalue weighted by Gasteiger charge is 2.24. The maximum Gasteiger partial charge on any atom is 0.337 e. The van der Waals surface area contributed by atoms with Crippen molar-refractivity contribution in [3.05, 3.63) is 91.8 Å². The average molecular weight is 479 g/mol. The molecule has 0 saturated heterocycles. The Morgan fingerprint density at radius 3 is 2.62 bits per heavy atom. The van der Waals surface area contributed by atoms with Gasteiger partial charge in [0.2, 0.25) is 0 Å². The summed E-state index contributed by atoms with van der Waals surface area (Å²) in [6, 6.07) is 14.6. The standard InChI is InChI=1S/C24H26N6O3S/c1-15(2)16-7-9-17(10-8-16)26-22(30(32)33)14-29-12-11-20-21(13-29)34-24(28-20)23(31)27-19-6-4-3-5-18(19)25/h3-10,14-15,26H,11-13,25H2,1-2H3,(H,27,31). The first-order chi connectivity index (χ1) is 16.3. The Kier molecular flexibility index (Phi) is 6.78. The van der Waals surface area contributed by atoms with Crippen LogP contribution in [0.2, 0.25) is 0 Å². The fourth-order valence-corrected chi connectivity index (χ4v) is 4.64. The van der Waals surface area contributed by atoms with Gasteiger partial charge in [-0.3, -0.25) is 4.79 Å². The first-order valence-electron chi connectivity index (χ1n) is 10.9. The Balaban J connectivity index is 1.46. The topological polar surface area (TPSA) is 126 Å². The number of nitrogens with two attached hydrogens (primary N) is 1. The van der Waals surface area contributed by atoms with E-state index < -0.39 is 4.92 Å². The van der Waals surface area contributed by atoms with Gasteiger partial charge in [0.25, 0.3) is 5.91 Å². The van der Waals surface area contributed by atoms with Crippen LogP contribution >= 0.6 is 11.3 Å². The van der Waals surface area contributed by atoms with E-state index in [0.29, 0.717) is 47.5 Å². The number of carbonyl (C=O) groups excluding carboxylic acids is 1. The summed E-state index contributed by atoms with van der Waals surface area (Å²) in [7, 11) is 0. The van der Waals surface area contributed by atoms with Crippen LogP contribution in [0.25, 0.3) is 0 Å². The number of fused-ring (bicyclic) bond motifs is 1. The molecule has 3 aromatic rings. The first kappa shape index (κ1) is 23.2. The smallest absolute Gasteiger partial charge is 0.337 e. The van der Waals surface area contributed by atoms with Crippen molar-refractivity contribution < 1.29 is 9.72 Å². The van der Waals surface area contributed by atoms with Gasteiger partial charge in [0.1, 0.15) is 5.69 Å². The lowest BCUT2D eigenvalue weighted by atomic mass is 10.0. The van der Waals surface area contributed by atoms with Crippen LogP contribution in [0.4, 0.5) is 17.1 Å². The molecular weight excluding hydrogens is 452 g/mol. The molecule has 9 nitrogen and oxygen atoms in total. The molecule has 0 atom stereocenters. The molecule has 176 valence electrons. The number of thiazole rings is 1. The molecule has 10 heteroatoms. The van der Waals surface area contributed by atoms with Crippen LogP contribution in [-0.2, 0) is 13.0 Å². The van der Waals surface area contributed by atoms with Gasteiger partial charge in [-0.15, -0.1) is 11.3 Å². The van der Waals surface area contributed by atoms with Crippen LogP contribution in [0.5, 0.6) is 0 Å². The van der Waals surface area contributed by atoms with Gasteiger partial charge < -0.3 is 26.1 Å². The van der Waals surface area contributed by atoms with E-state index in [-0.39, 0.29) is 11.7 Å². The van der Waals surface area contributed by atoms with Crippen molar-refractivity contribution in [2.24, 2.45) is 0 Å². The maximum atomic E-state index is 12.7. The van der Waals surface area contributed by atoms with Crippen molar-refractivity contribution in [3.63, 3.8) is 0 Å². The highest BCUT2D eigenvalue weighted by molar-refractivity contribution is 7.13. The lowest BCUT2D eigenvalue weighted by molar-refractivity contribution is -0.423. The molecular formula is C24H26N6O3S. The minimum Gasteiger partial charge on any atom is -0.397 e. The normalized spacial score (nSPS) is 13.5. The quantitative estimate of drug-likeness (QED) is 0.256. The SMILES string of the molecule is CC(C)c1ccc(NC(=CN2CCc3nc(C(=O)Nc4ccccc4N)sc3C2)[N+](=O)[O-])cc1. The molecule has 4 rings (SSSR count). The van der Waals surface area contributed by atoms with E-state index in [9.17, 15) is 14.9 Å². The summed E-state index contributed by atoms with van der Waals surface area (Å²) in [5, 5.41) is 17.7. The van der Waals surface area contributed by atoms with E-state index in [1.54, 1.807) is 24.3 Å². The van der Waals surface area contributed by atoms with Gasteiger partial charge in [-0.25, -0.2) is 10.3 Å². The van der Waals surface area contributed by atoms with Crippen molar-refractivity contribution in [2.45, 2.75) is 32.7 Å². The zero-order valence-corrected chi connectivity index (χ0v) is 19.8. The zero-order chi connectivity index (χ0) is 24.2. The van der Waals surface area contributed by atoms with Gasteiger partial charge in [0.15, 0.2) is 5.01 Å². The number of nitrogens with zero attached hydrogens (tertiary/aromatic N) is 3. The highest BCUT2D eigenvalue weighted by Crippen LogP contribution is 2.27. The number of hydrogen-bond acceptors (Lipinski definition) is 8. The summed E-state index contributed by atoms with van der Waals surface area (Å²) in [6.07, 6.45) is 2.11. The maximum absolute atomic E-state index is 12.7. The van der Waals surface area contributed by atoms with E-state index in [4.69, 9.17) is 5.73 Å². The lowest BCUT2D eigenvalue weighted by Crippen LogP contribution is -2.27. The van der Waals surface area contributed by atoms with E-state index in [0.717, 1.165) is 10.6 Å². The summed E-state index contributed by atoms with van der Waals surface area (Å²) in [5.74, 6) is -0.0433. The monoisotopic (exact) mass is 478 g/mol. The number of nitro groups is 1. The minimum absolute atomic E-state index is 0.109. The van der Waals surface area contributed by atoms with Crippen molar-refractivity contribution in [2.75, 3.05) is 22.9 Å². The Labute approximate surface area is 201 Å². The van der Waals surface area contributed by atoms with Crippen molar-refractivity contribution in [1.29, 1.82) is 0 Å². The molecule has 4 N–H and O–H groups in total. The fraction of sp³-hybridized carbons (Fsp3) is 0.250. The van der Waals surface area contributed by atoms with Crippen LogP contribution in [0, 0.1) is 10.1 Å². The van der Waals surface area contributed by atoms with Crippen LogP contribution in [-0.4, -0.2) is 27.3 Å². The zero-order valence-electron chi connectivity index (χ0n) is 18.9. The van der Waals surface area contributed by atoms with E-state index in [2.05, 4.69) is 29.5 Å². The summed E-state index contributed by atoms with van der Waals surface area (Å²) >= 11 is 1.29. The summed E-state index contributed by atoms with van der Waals surface area (Å²) in [6.45, 7) is 5.20. The van der Waals surface area contributed by atoms with Crippen LogP contribution < -0.4 is 16.4 Å². The number of benzene rings is 2. The molecule has 1 aromatic heterocycles. The molecule has 0 spiro atoms. The third-order valence-corrected chi connectivity index (χ3v) is 6.60. The Hall–Kier alpha value is -3.92. The molecule has 0 fully saturated rings. The number of carbonyl (C=O) groups is 1. The molecule has 0 unspecified atom stereocenters. The Bertz CT molecular complexity index is 1240. The van der Waals surface area contributed by atoms with Gasteiger partial charge in [-0.2, -0.15) is 0 Å². The number of amides is 1. The summed E-state index contributed by atoms with van der Waals surface area (Å²) < 4.78 is 0. The fourth-order valence-electron chi connectivity index (χ4n) is 3.61. The van der Waals surface area contributed by atoms with E-state index in [1.165, 1.54) is 23.1 Å². The molecule has 34 heavy (non-hydrogen) atoms. The minimum atomic E-state index is -0.429. The predicted molar refractivity (Wildman–Crippen MR) is 134 cm³/mol. The largest absolute Gasteiger partial charge is 0.397 e. The Morgan fingerprint density at radius 2 is 1.94 bits per heavy atom. The first-order valence-corrected chi connectivity index (χ1v) is 11.7. The molecule has 0 aliphatic carbocycles.